The van der Waals surface area contributed by atoms with Gasteiger partial charge >= 0.3 is 0 Å². The maximum absolute atomic E-state index is 2.60. The molecule has 6 aromatic rings. The van der Waals surface area contributed by atoms with Gasteiger partial charge in [0.15, 0.2) is 0 Å². The average molecular weight is 539 g/mol. The molecule has 0 nitrogen and oxygen atoms in total. The van der Waals surface area contributed by atoms with E-state index in [9.17, 15) is 0 Å². The SMILES string of the molecule is CC(C)c1cc(C(C)C)c2c(c1)c1c3ccccc3c3ccccc3c1c1cc(C(C)C)c(C(C)C)c(C(C)C)c12. The highest BCUT2D eigenvalue weighted by Crippen LogP contribution is 2.50. The van der Waals surface area contributed by atoms with E-state index in [0.29, 0.717) is 29.6 Å². The van der Waals surface area contributed by atoms with Gasteiger partial charge in [-0.3, -0.25) is 0 Å². The maximum atomic E-state index is 2.60. The number of benzene rings is 6. The first kappa shape index (κ1) is 27.8. The molecule has 0 spiro atoms. The van der Waals surface area contributed by atoms with E-state index >= 15 is 0 Å². The summed E-state index contributed by atoms with van der Waals surface area (Å²) in [6, 6.07) is 25.9. The van der Waals surface area contributed by atoms with Crippen LogP contribution in [0.4, 0.5) is 0 Å². The molecule has 0 radical (unpaired) electrons. The zero-order valence-corrected chi connectivity index (χ0v) is 26.7. The molecule has 41 heavy (non-hydrogen) atoms. The zero-order chi connectivity index (χ0) is 29.3. The maximum Gasteiger partial charge on any atom is -0.00137 e. The van der Waals surface area contributed by atoms with Crippen molar-refractivity contribution in [3.05, 3.63) is 94.5 Å². The molecule has 0 aliphatic rings. The van der Waals surface area contributed by atoms with Crippen molar-refractivity contribution >= 4 is 53.9 Å². The molecule has 0 saturated heterocycles. The molecule has 0 fully saturated rings. The van der Waals surface area contributed by atoms with E-state index in [0.717, 1.165) is 0 Å². The third-order valence-electron chi connectivity index (χ3n) is 9.42. The Morgan fingerprint density at radius 2 is 0.805 bits per heavy atom. The Balaban J connectivity index is 2.12. The number of rotatable bonds is 5. The zero-order valence-electron chi connectivity index (χ0n) is 26.7. The van der Waals surface area contributed by atoms with Crippen molar-refractivity contribution in [3.63, 3.8) is 0 Å². The van der Waals surface area contributed by atoms with Crippen molar-refractivity contribution in [3.8, 4) is 0 Å². The largest absolute Gasteiger partial charge is 0.0616 e. The van der Waals surface area contributed by atoms with Gasteiger partial charge in [-0.25, -0.2) is 0 Å². The topological polar surface area (TPSA) is 0 Å². The van der Waals surface area contributed by atoms with Gasteiger partial charge in [0, 0.05) is 0 Å². The summed E-state index contributed by atoms with van der Waals surface area (Å²) >= 11 is 0. The molecule has 6 rings (SSSR count). The van der Waals surface area contributed by atoms with Gasteiger partial charge in [0.25, 0.3) is 0 Å². The van der Waals surface area contributed by atoms with E-state index in [1.165, 1.54) is 70.6 Å². The van der Waals surface area contributed by atoms with Crippen molar-refractivity contribution in [1.29, 1.82) is 0 Å². The van der Waals surface area contributed by atoms with Crippen LogP contribution in [0.1, 0.15) is 127 Å². The third kappa shape index (κ3) is 4.17. The first-order valence-corrected chi connectivity index (χ1v) is 15.9. The van der Waals surface area contributed by atoms with Crippen LogP contribution in [0.2, 0.25) is 0 Å². The minimum atomic E-state index is 0.422. The summed E-state index contributed by atoms with van der Waals surface area (Å²) in [5.41, 5.74) is 7.57. The Morgan fingerprint density at radius 1 is 0.341 bits per heavy atom. The fraction of sp³-hybridized carbons (Fsp3) is 0.366. The van der Waals surface area contributed by atoms with Crippen LogP contribution in [0.25, 0.3) is 53.9 Å². The van der Waals surface area contributed by atoms with Crippen molar-refractivity contribution in [2.45, 2.75) is 98.8 Å². The molecule has 0 heterocycles. The van der Waals surface area contributed by atoms with Crippen molar-refractivity contribution in [2.24, 2.45) is 0 Å². The Morgan fingerprint density at radius 3 is 1.24 bits per heavy atom. The number of hydrogen-bond acceptors (Lipinski definition) is 0. The molecule has 0 amide bonds. The predicted octanol–water partition coefficient (Wildman–Crippen LogP) is 13.1. The number of fused-ring (bicyclic) bond motifs is 11. The lowest BCUT2D eigenvalue weighted by Crippen LogP contribution is -2.08. The minimum absolute atomic E-state index is 0.422. The van der Waals surface area contributed by atoms with Gasteiger partial charge in [-0.1, -0.05) is 130 Å². The predicted molar refractivity (Wildman–Crippen MR) is 184 cm³/mol. The van der Waals surface area contributed by atoms with E-state index in [2.05, 4.69) is 136 Å². The molecule has 0 aliphatic heterocycles. The fourth-order valence-corrected chi connectivity index (χ4v) is 7.58. The molecule has 0 bridgehead atoms. The molecule has 0 N–H and O–H groups in total. The smallest absolute Gasteiger partial charge is 0.00137 e. The van der Waals surface area contributed by atoms with Crippen LogP contribution in [0, 0.1) is 0 Å². The summed E-state index contributed by atoms with van der Waals surface area (Å²) in [6.45, 7) is 23.8. The second-order valence-corrected chi connectivity index (χ2v) is 13.9. The van der Waals surface area contributed by atoms with Crippen LogP contribution in [0.3, 0.4) is 0 Å². The van der Waals surface area contributed by atoms with Crippen molar-refractivity contribution < 1.29 is 0 Å². The third-order valence-corrected chi connectivity index (χ3v) is 9.42. The lowest BCUT2D eigenvalue weighted by atomic mass is 9.75. The van der Waals surface area contributed by atoms with Crippen molar-refractivity contribution in [2.75, 3.05) is 0 Å². The van der Waals surface area contributed by atoms with Crippen molar-refractivity contribution in [1.82, 2.24) is 0 Å². The Bertz CT molecular complexity index is 1960. The summed E-state index contributed by atoms with van der Waals surface area (Å²) in [5.74, 6) is 2.24. The lowest BCUT2D eigenvalue weighted by molar-refractivity contribution is 0.755. The Hall–Kier alpha value is -3.38. The van der Waals surface area contributed by atoms with Crippen LogP contribution in [-0.2, 0) is 0 Å². The molecule has 0 saturated carbocycles. The molecule has 6 aromatic carbocycles. The second-order valence-electron chi connectivity index (χ2n) is 13.9. The normalized spacial score (nSPS) is 12.8. The van der Waals surface area contributed by atoms with E-state index in [-0.39, 0.29) is 0 Å². The summed E-state index contributed by atoms with van der Waals surface area (Å²) in [5, 5.41) is 14.1. The quantitative estimate of drug-likeness (QED) is 0.191. The monoisotopic (exact) mass is 538 g/mol. The lowest BCUT2D eigenvalue weighted by Gasteiger charge is -2.29. The summed E-state index contributed by atoms with van der Waals surface area (Å²) < 4.78 is 0. The molecule has 210 valence electrons. The first-order chi connectivity index (χ1) is 19.5. The van der Waals surface area contributed by atoms with Gasteiger partial charge in [0.2, 0.25) is 0 Å². The number of hydrogen-bond donors (Lipinski definition) is 0. The van der Waals surface area contributed by atoms with Gasteiger partial charge in [0.05, 0.1) is 0 Å². The van der Waals surface area contributed by atoms with E-state index in [1.54, 1.807) is 11.1 Å². The summed E-state index contributed by atoms with van der Waals surface area (Å²) in [4.78, 5) is 0. The van der Waals surface area contributed by atoms with Crippen LogP contribution in [-0.4, -0.2) is 0 Å². The first-order valence-electron chi connectivity index (χ1n) is 15.9. The summed E-state index contributed by atoms with van der Waals surface area (Å²) in [6.07, 6.45) is 0. The van der Waals surface area contributed by atoms with E-state index in [4.69, 9.17) is 0 Å². The average Bonchev–Trinajstić information content (AvgIpc) is 2.94. The van der Waals surface area contributed by atoms with E-state index in [1.807, 2.05) is 0 Å². The highest BCUT2D eigenvalue weighted by atomic mass is 14.3. The van der Waals surface area contributed by atoms with Gasteiger partial charge < -0.3 is 0 Å². The molecule has 0 unspecified atom stereocenters. The minimum Gasteiger partial charge on any atom is -0.0616 e. The van der Waals surface area contributed by atoms with Crippen LogP contribution in [0.5, 0.6) is 0 Å². The Kier molecular flexibility index (Phi) is 6.88. The molecule has 0 heteroatoms. The van der Waals surface area contributed by atoms with E-state index < -0.39 is 0 Å². The second kappa shape index (κ2) is 10.2. The highest BCUT2D eigenvalue weighted by molar-refractivity contribution is 6.40. The molecular formula is C41H46. The molecule has 0 aromatic heterocycles. The van der Waals surface area contributed by atoms with Crippen LogP contribution >= 0.6 is 0 Å². The Labute approximate surface area is 246 Å². The molecule has 0 aliphatic carbocycles. The van der Waals surface area contributed by atoms with Gasteiger partial charge in [-0.2, -0.15) is 0 Å². The highest BCUT2D eigenvalue weighted by Gasteiger charge is 2.26. The molecular weight excluding hydrogens is 492 g/mol. The fourth-order valence-electron chi connectivity index (χ4n) is 7.58. The van der Waals surface area contributed by atoms with Crippen LogP contribution < -0.4 is 0 Å². The van der Waals surface area contributed by atoms with Gasteiger partial charge in [-0.15, -0.1) is 0 Å². The van der Waals surface area contributed by atoms with Crippen LogP contribution in [0.15, 0.2) is 66.7 Å². The van der Waals surface area contributed by atoms with Gasteiger partial charge in [-0.05, 0) is 117 Å². The summed E-state index contributed by atoms with van der Waals surface area (Å²) in [7, 11) is 0. The standard InChI is InChI=1S/C41H46/c1-22(2)27-19-32(23(3)4)40-34(20-27)38-30-17-13-11-15-28(30)29-16-12-14-18-31(29)39(38)35-21-33(24(5)6)36(25(7)8)37(26(9)10)41(35)40/h11-26H,1-10H3. The molecule has 0 atom stereocenters. The van der Waals surface area contributed by atoms with Gasteiger partial charge in [0.1, 0.15) is 0 Å².